The Bertz CT molecular complexity index is 1120. The maximum atomic E-state index is 9.83. The van der Waals surface area contributed by atoms with Crippen molar-refractivity contribution >= 4 is 32.7 Å². The first kappa shape index (κ1) is 14.5. The Morgan fingerprint density at radius 2 is 1.96 bits per heavy atom. The van der Waals surface area contributed by atoms with Gasteiger partial charge in [-0.25, -0.2) is 9.97 Å². The molecule has 1 unspecified atom stereocenters. The SMILES string of the molecule is Oc1ccc(C2Nc3ccccc3-c3ncnc4[nH]cc2c34)cc1Br. The average molecular weight is 393 g/mol. The number of nitrogens with zero attached hydrogens (tertiary/aromatic N) is 2. The van der Waals surface area contributed by atoms with Gasteiger partial charge in [0, 0.05) is 23.0 Å². The fraction of sp³-hybridized carbons (Fsp3) is 0.0526. The van der Waals surface area contributed by atoms with Crippen molar-refractivity contribution in [1.29, 1.82) is 0 Å². The second-order valence-electron chi connectivity index (χ2n) is 6.02. The first-order valence-corrected chi connectivity index (χ1v) is 8.68. The molecule has 0 saturated heterocycles. The second kappa shape index (κ2) is 5.32. The normalized spacial score (nSPS) is 15.5. The summed E-state index contributed by atoms with van der Waals surface area (Å²) in [6.07, 6.45) is 3.57. The Morgan fingerprint density at radius 3 is 2.84 bits per heavy atom. The molecular weight excluding hydrogens is 380 g/mol. The van der Waals surface area contributed by atoms with Crippen molar-refractivity contribution in [3.8, 4) is 17.0 Å². The summed E-state index contributed by atoms with van der Waals surface area (Å²) in [6, 6.07) is 13.6. The summed E-state index contributed by atoms with van der Waals surface area (Å²) in [5.41, 5.74) is 5.94. The van der Waals surface area contributed by atoms with Crippen molar-refractivity contribution in [1.82, 2.24) is 15.0 Å². The van der Waals surface area contributed by atoms with Gasteiger partial charge in [-0.05, 0) is 39.7 Å². The van der Waals surface area contributed by atoms with Crippen LogP contribution in [-0.4, -0.2) is 20.1 Å². The summed E-state index contributed by atoms with van der Waals surface area (Å²) >= 11 is 3.41. The number of fused-ring (bicyclic) bond motifs is 2. The molecule has 0 radical (unpaired) electrons. The van der Waals surface area contributed by atoms with Crippen LogP contribution in [0.1, 0.15) is 17.2 Å². The predicted molar refractivity (Wildman–Crippen MR) is 101 cm³/mol. The number of rotatable bonds is 1. The molecular formula is C19H13BrN4O. The highest BCUT2D eigenvalue weighted by atomic mass is 79.9. The third-order valence-electron chi connectivity index (χ3n) is 4.60. The van der Waals surface area contributed by atoms with Crippen LogP contribution in [0.2, 0.25) is 0 Å². The number of benzene rings is 2. The predicted octanol–water partition coefficient (Wildman–Crippen LogP) is 4.61. The molecule has 0 fully saturated rings. The van der Waals surface area contributed by atoms with Gasteiger partial charge < -0.3 is 15.4 Å². The van der Waals surface area contributed by atoms with Crippen LogP contribution >= 0.6 is 15.9 Å². The van der Waals surface area contributed by atoms with Crippen molar-refractivity contribution in [3.63, 3.8) is 0 Å². The van der Waals surface area contributed by atoms with E-state index in [1.165, 1.54) is 0 Å². The molecule has 6 heteroatoms. The van der Waals surface area contributed by atoms with Crippen molar-refractivity contribution in [2.24, 2.45) is 0 Å². The number of para-hydroxylation sites is 1. The van der Waals surface area contributed by atoms with E-state index in [0.29, 0.717) is 4.47 Å². The molecule has 2 aromatic heterocycles. The Morgan fingerprint density at radius 1 is 1.08 bits per heavy atom. The molecule has 3 heterocycles. The first-order valence-electron chi connectivity index (χ1n) is 7.88. The number of nitrogens with one attached hydrogen (secondary N) is 2. The Labute approximate surface area is 151 Å². The van der Waals surface area contributed by atoms with Crippen LogP contribution in [-0.2, 0) is 0 Å². The zero-order valence-corrected chi connectivity index (χ0v) is 14.6. The Kier molecular flexibility index (Phi) is 3.08. The molecule has 0 bridgehead atoms. The number of aromatic hydroxyl groups is 1. The number of anilines is 1. The van der Waals surface area contributed by atoms with E-state index in [-0.39, 0.29) is 11.8 Å². The second-order valence-corrected chi connectivity index (χ2v) is 6.88. The summed E-state index contributed by atoms with van der Waals surface area (Å²) < 4.78 is 0.667. The lowest BCUT2D eigenvalue weighted by molar-refractivity contribution is 0.471. The van der Waals surface area contributed by atoms with Crippen LogP contribution in [0.3, 0.4) is 0 Å². The fourth-order valence-electron chi connectivity index (χ4n) is 3.43. The maximum absolute atomic E-state index is 9.83. The molecule has 0 spiro atoms. The Hall–Kier alpha value is -2.86. The highest BCUT2D eigenvalue weighted by Crippen LogP contribution is 2.43. The van der Waals surface area contributed by atoms with E-state index in [4.69, 9.17) is 0 Å². The molecule has 122 valence electrons. The molecule has 0 amide bonds. The molecule has 5 nitrogen and oxygen atoms in total. The average Bonchev–Trinajstić information content (AvgIpc) is 3.00. The molecule has 1 atom stereocenters. The quantitative estimate of drug-likeness (QED) is 0.442. The largest absolute Gasteiger partial charge is 0.507 e. The summed E-state index contributed by atoms with van der Waals surface area (Å²) in [5, 5.41) is 14.5. The van der Waals surface area contributed by atoms with Gasteiger partial charge in [-0.15, -0.1) is 0 Å². The van der Waals surface area contributed by atoms with Crippen molar-refractivity contribution in [3.05, 3.63) is 70.6 Å². The summed E-state index contributed by atoms with van der Waals surface area (Å²) in [4.78, 5) is 12.2. The minimum absolute atomic E-state index is 0.0842. The van der Waals surface area contributed by atoms with Gasteiger partial charge >= 0.3 is 0 Å². The third-order valence-corrected chi connectivity index (χ3v) is 5.23. The number of halogens is 1. The molecule has 3 N–H and O–H groups in total. The van der Waals surface area contributed by atoms with Crippen LogP contribution in [0.25, 0.3) is 22.3 Å². The molecule has 5 rings (SSSR count). The number of aromatic amines is 1. The van der Waals surface area contributed by atoms with Gasteiger partial charge in [0.05, 0.1) is 21.6 Å². The number of hydrogen-bond acceptors (Lipinski definition) is 4. The molecule has 1 aliphatic rings. The maximum Gasteiger partial charge on any atom is 0.141 e. The van der Waals surface area contributed by atoms with E-state index in [1.807, 2.05) is 30.5 Å². The van der Waals surface area contributed by atoms with E-state index in [2.05, 4.69) is 48.3 Å². The molecule has 1 aliphatic heterocycles. The van der Waals surface area contributed by atoms with Crippen molar-refractivity contribution in [2.75, 3.05) is 5.32 Å². The number of phenolic OH excluding ortho intramolecular Hbond substituents is 1. The first-order chi connectivity index (χ1) is 12.2. The van der Waals surface area contributed by atoms with Gasteiger partial charge in [-0.3, -0.25) is 0 Å². The molecule has 4 aromatic rings. The van der Waals surface area contributed by atoms with Gasteiger partial charge in [0.15, 0.2) is 0 Å². The molecule has 0 aliphatic carbocycles. The molecule has 0 saturated carbocycles. The van der Waals surface area contributed by atoms with E-state index in [0.717, 1.165) is 39.1 Å². The van der Waals surface area contributed by atoms with Gasteiger partial charge in [0.2, 0.25) is 0 Å². The van der Waals surface area contributed by atoms with Gasteiger partial charge in [-0.1, -0.05) is 24.3 Å². The zero-order chi connectivity index (χ0) is 17.0. The lowest BCUT2D eigenvalue weighted by Gasteiger charge is -2.20. The number of aromatic nitrogens is 3. The number of phenols is 1. The smallest absolute Gasteiger partial charge is 0.141 e. The summed E-state index contributed by atoms with van der Waals surface area (Å²) in [5.74, 6) is 0.223. The molecule has 2 aromatic carbocycles. The highest BCUT2D eigenvalue weighted by molar-refractivity contribution is 9.10. The zero-order valence-electron chi connectivity index (χ0n) is 13.0. The number of H-pyrrole nitrogens is 1. The highest BCUT2D eigenvalue weighted by Gasteiger charge is 2.26. The van der Waals surface area contributed by atoms with Crippen LogP contribution in [0.5, 0.6) is 5.75 Å². The van der Waals surface area contributed by atoms with Crippen LogP contribution in [0.4, 0.5) is 5.69 Å². The minimum atomic E-state index is -0.0842. The summed E-state index contributed by atoms with van der Waals surface area (Å²) in [6.45, 7) is 0. The van der Waals surface area contributed by atoms with E-state index in [9.17, 15) is 5.11 Å². The molecule has 25 heavy (non-hydrogen) atoms. The lowest BCUT2D eigenvalue weighted by atomic mass is 9.98. The van der Waals surface area contributed by atoms with Crippen molar-refractivity contribution < 1.29 is 5.11 Å². The summed E-state index contributed by atoms with van der Waals surface area (Å²) in [7, 11) is 0. The van der Waals surface area contributed by atoms with Crippen LogP contribution in [0, 0.1) is 0 Å². The Balaban J connectivity index is 1.83. The fourth-order valence-corrected chi connectivity index (χ4v) is 3.83. The lowest BCUT2D eigenvalue weighted by Crippen LogP contribution is -2.11. The van der Waals surface area contributed by atoms with Gasteiger partial charge in [0.25, 0.3) is 0 Å². The minimum Gasteiger partial charge on any atom is -0.507 e. The van der Waals surface area contributed by atoms with Crippen molar-refractivity contribution in [2.45, 2.75) is 6.04 Å². The van der Waals surface area contributed by atoms with E-state index >= 15 is 0 Å². The van der Waals surface area contributed by atoms with E-state index < -0.39 is 0 Å². The monoisotopic (exact) mass is 392 g/mol. The van der Waals surface area contributed by atoms with Gasteiger partial charge in [0.1, 0.15) is 17.7 Å². The van der Waals surface area contributed by atoms with E-state index in [1.54, 1.807) is 12.4 Å². The number of hydrogen-bond donors (Lipinski definition) is 3. The van der Waals surface area contributed by atoms with Crippen LogP contribution < -0.4 is 5.32 Å². The van der Waals surface area contributed by atoms with Gasteiger partial charge in [-0.2, -0.15) is 0 Å². The standard InChI is InChI=1S/C19H13BrN4O/c20-13-7-10(5-6-15(13)25)17-12-8-21-19-16(12)18(22-9-23-19)11-3-1-2-4-14(11)24-17/h1-9,17,24-25H,(H,21,22,23). The van der Waals surface area contributed by atoms with Crippen LogP contribution in [0.15, 0.2) is 59.5 Å². The third kappa shape index (κ3) is 2.14. The topological polar surface area (TPSA) is 73.8 Å².